The molecule has 0 bridgehead atoms. The summed E-state index contributed by atoms with van der Waals surface area (Å²) in [6.07, 6.45) is 0. The molecule has 2 N–H and O–H groups in total. The van der Waals surface area contributed by atoms with Gasteiger partial charge in [-0.15, -0.1) is 5.10 Å². The number of rotatable bonds is 4. The molecule has 0 fully saturated rings. The minimum Gasteiger partial charge on any atom is -0.338 e. The van der Waals surface area contributed by atoms with Crippen molar-refractivity contribution in [3.8, 4) is 11.4 Å². The molecule has 29 heavy (non-hydrogen) atoms. The highest BCUT2D eigenvalue weighted by molar-refractivity contribution is 6.06. The molecule has 0 atom stereocenters. The second-order valence-electron chi connectivity index (χ2n) is 6.74. The van der Waals surface area contributed by atoms with E-state index >= 15 is 0 Å². The first-order valence-corrected chi connectivity index (χ1v) is 9.41. The molecule has 3 aromatic carbocycles. The van der Waals surface area contributed by atoms with E-state index < -0.39 is 0 Å². The van der Waals surface area contributed by atoms with Crippen LogP contribution in [0.15, 0.2) is 66.7 Å². The fraction of sp³-hybridized carbons (Fsp3) is 0.0909. The number of hydrogen-bond acceptors (Lipinski definition) is 4. The predicted octanol–water partition coefficient (Wildman–Crippen LogP) is 4.25. The van der Waals surface area contributed by atoms with Crippen LogP contribution in [0.25, 0.3) is 33.5 Å². The third kappa shape index (κ3) is 3.12. The number of aromatic nitrogens is 5. The molecule has 142 valence electrons. The number of nitrogens with one attached hydrogen (secondary N) is 2. The van der Waals surface area contributed by atoms with Crippen molar-refractivity contribution in [2.45, 2.75) is 13.5 Å². The molecule has 0 aliphatic rings. The second-order valence-corrected chi connectivity index (χ2v) is 6.74. The van der Waals surface area contributed by atoms with Crippen molar-refractivity contribution in [2.24, 2.45) is 0 Å². The fourth-order valence-electron chi connectivity index (χ4n) is 3.35. The Kier molecular flexibility index (Phi) is 4.05. The molecule has 0 spiro atoms. The highest BCUT2D eigenvalue weighted by atomic mass is 16.1. The third-order valence-electron chi connectivity index (χ3n) is 4.88. The molecule has 0 radical (unpaired) electrons. The van der Waals surface area contributed by atoms with E-state index in [1.54, 1.807) is 16.8 Å². The Morgan fingerprint density at radius 1 is 1.03 bits per heavy atom. The molecule has 0 saturated carbocycles. The number of nitrogens with zero attached hydrogens (tertiary/aromatic N) is 4. The van der Waals surface area contributed by atoms with Crippen molar-refractivity contribution >= 4 is 33.7 Å². The van der Waals surface area contributed by atoms with E-state index in [1.165, 1.54) is 0 Å². The van der Waals surface area contributed by atoms with E-state index in [0.29, 0.717) is 16.8 Å². The van der Waals surface area contributed by atoms with Gasteiger partial charge in [-0.2, -0.15) is 0 Å². The van der Waals surface area contributed by atoms with Crippen LogP contribution < -0.4 is 5.32 Å². The topological polar surface area (TPSA) is 88.5 Å². The Morgan fingerprint density at radius 3 is 2.66 bits per heavy atom. The summed E-state index contributed by atoms with van der Waals surface area (Å²) in [7, 11) is 0. The Morgan fingerprint density at radius 2 is 1.86 bits per heavy atom. The van der Waals surface area contributed by atoms with Crippen LogP contribution in [0.1, 0.15) is 17.3 Å². The van der Waals surface area contributed by atoms with Gasteiger partial charge in [0, 0.05) is 23.4 Å². The van der Waals surface area contributed by atoms with Crippen LogP contribution in [0.3, 0.4) is 0 Å². The van der Waals surface area contributed by atoms with Gasteiger partial charge < -0.3 is 10.3 Å². The Balaban J connectivity index is 1.35. The number of hydrogen-bond donors (Lipinski definition) is 2. The lowest BCUT2D eigenvalue weighted by molar-refractivity contribution is 0.102. The van der Waals surface area contributed by atoms with Crippen molar-refractivity contribution in [3.05, 3.63) is 72.3 Å². The number of carbonyl (C=O) groups is 1. The smallest absolute Gasteiger partial charge is 0.255 e. The lowest BCUT2D eigenvalue weighted by Crippen LogP contribution is -2.11. The maximum absolute atomic E-state index is 12.6. The first-order valence-electron chi connectivity index (χ1n) is 9.41. The van der Waals surface area contributed by atoms with E-state index in [4.69, 9.17) is 0 Å². The van der Waals surface area contributed by atoms with E-state index in [2.05, 4.69) is 25.6 Å². The first-order chi connectivity index (χ1) is 14.2. The van der Waals surface area contributed by atoms with E-state index in [9.17, 15) is 4.79 Å². The number of H-pyrrole nitrogens is 1. The van der Waals surface area contributed by atoms with Gasteiger partial charge in [-0.1, -0.05) is 17.3 Å². The molecule has 0 saturated heterocycles. The standard InChI is InChI=1S/C22H18N6O/c1-2-28-20-12-9-15(13-19(20)26-27-28)22(29)23-16-10-7-14(8-11-16)21-24-17-5-3-4-6-18(17)25-21/h3-13H,2H2,1H3,(H,23,29)(H,24,25). The lowest BCUT2D eigenvalue weighted by atomic mass is 10.1. The summed E-state index contributed by atoms with van der Waals surface area (Å²) in [6.45, 7) is 2.74. The molecule has 0 aliphatic carbocycles. The van der Waals surface area contributed by atoms with Gasteiger partial charge in [0.1, 0.15) is 11.3 Å². The first kappa shape index (κ1) is 17.1. The molecule has 2 heterocycles. The van der Waals surface area contributed by atoms with Crippen LogP contribution in [0.5, 0.6) is 0 Å². The lowest BCUT2D eigenvalue weighted by Gasteiger charge is -2.06. The molecule has 5 aromatic rings. The number of aromatic amines is 1. The highest BCUT2D eigenvalue weighted by Crippen LogP contribution is 2.22. The number of para-hydroxylation sites is 2. The molecule has 2 aromatic heterocycles. The Labute approximate surface area is 166 Å². The zero-order valence-electron chi connectivity index (χ0n) is 15.8. The van der Waals surface area contributed by atoms with Crippen LogP contribution in [-0.2, 0) is 6.54 Å². The Bertz CT molecular complexity index is 1300. The summed E-state index contributed by atoms with van der Waals surface area (Å²) in [5.74, 6) is 0.614. The molecule has 5 rings (SSSR count). The molecular weight excluding hydrogens is 364 g/mol. The predicted molar refractivity (Wildman–Crippen MR) is 113 cm³/mol. The van der Waals surface area contributed by atoms with Crippen molar-refractivity contribution < 1.29 is 4.79 Å². The number of benzene rings is 3. The molecule has 7 nitrogen and oxygen atoms in total. The zero-order chi connectivity index (χ0) is 19.8. The summed E-state index contributed by atoms with van der Waals surface area (Å²) in [5, 5.41) is 11.1. The number of aryl methyl sites for hydroxylation is 1. The average molecular weight is 382 g/mol. The zero-order valence-corrected chi connectivity index (χ0v) is 15.8. The summed E-state index contributed by atoms with van der Waals surface area (Å²) >= 11 is 0. The van der Waals surface area contributed by atoms with Gasteiger partial charge in [0.2, 0.25) is 0 Å². The maximum Gasteiger partial charge on any atom is 0.255 e. The minimum absolute atomic E-state index is 0.186. The second kappa shape index (κ2) is 6.87. The van der Waals surface area contributed by atoms with Crippen molar-refractivity contribution in [2.75, 3.05) is 5.32 Å². The number of fused-ring (bicyclic) bond motifs is 2. The largest absolute Gasteiger partial charge is 0.338 e. The van der Waals surface area contributed by atoms with Gasteiger partial charge in [0.25, 0.3) is 5.91 Å². The fourth-order valence-corrected chi connectivity index (χ4v) is 3.35. The SMILES string of the molecule is CCn1nnc2cc(C(=O)Nc3ccc(-c4nc5ccccc5[nH]4)cc3)ccc21. The average Bonchev–Trinajstić information content (AvgIpc) is 3.37. The van der Waals surface area contributed by atoms with Crippen LogP contribution in [0.2, 0.25) is 0 Å². The monoisotopic (exact) mass is 382 g/mol. The van der Waals surface area contributed by atoms with Crippen LogP contribution >= 0.6 is 0 Å². The summed E-state index contributed by atoms with van der Waals surface area (Å²) < 4.78 is 1.80. The normalized spacial score (nSPS) is 11.2. The molecule has 7 heteroatoms. The Hall–Kier alpha value is -4.00. The highest BCUT2D eigenvalue weighted by Gasteiger charge is 2.11. The van der Waals surface area contributed by atoms with Gasteiger partial charge in [0.05, 0.1) is 16.6 Å². The molecule has 0 aliphatic heterocycles. The maximum atomic E-state index is 12.6. The van der Waals surface area contributed by atoms with Crippen molar-refractivity contribution in [1.82, 2.24) is 25.0 Å². The van der Waals surface area contributed by atoms with Crippen LogP contribution in [0, 0.1) is 0 Å². The van der Waals surface area contributed by atoms with Gasteiger partial charge >= 0.3 is 0 Å². The summed E-state index contributed by atoms with van der Waals surface area (Å²) in [5.41, 5.74) is 5.76. The third-order valence-corrected chi connectivity index (χ3v) is 4.88. The van der Waals surface area contributed by atoms with Gasteiger partial charge in [-0.25, -0.2) is 9.67 Å². The number of imidazole rings is 1. The van der Waals surface area contributed by atoms with E-state index in [-0.39, 0.29) is 5.91 Å². The molecule has 0 unspecified atom stereocenters. The quantitative estimate of drug-likeness (QED) is 0.486. The van der Waals surface area contributed by atoms with E-state index in [1.807, 2.05) is 61.5 Å². The number of carbonyl (C=O) groups excluding carboxylic acids is 1. The summed E-state index contributed by atoms with van der Waals surface area (Å²) in [4.78, 5) is 20.5. The number of amides is 1. The molecular formula is C22H18N6O. The van der Waals surface area contributed by atoms with Crippen LogP contribution in [-0.4, -0.2) is 30.9 Å². The summed E-state index contributed by atoms with van der Waals surface area (Å²) in [6, 6.07) is 20.9. The molecule has 1 amide bonds. The minimum atomic E-state index is -0.186. The number of anilines is 1. The van der Waals surface area contributed by atoms with Crippen LogP contribution in [0.4, 0.5) is 5.69 Å². The van der Waals surface area contributed by atoms with Gasteiger partial charge in [0.15, 0.2) is 0 Å². The van der Waals surface area contributed by atoms with E-state index in [0.717, 1.165) is 34.5 Å². The van der Waals surface area contributed by atoms with Crippen molar-refractivity contribution in [3.63, 3.8) is 0 Å². The van der Waals surface area contributed by atoms with Gasteiger partial charge in [-0.05, 0) is 61.5 Å². The van der Waals surface area contributed by atoms with Gasteiger partial charge in [-0.3, -0.25) is 4.79 Å². The van der Waals surface area contributed by atoms with Crippen molar-refractivity contribution in [1.29, 1.82) is 0 Å².